The van der Waals surface area contributed by atoms with Gasteiger partial charge in [-0.15, -0.1) is 11.3 Å². The number of carbonyl (C=O) groups excluding carboxylic acids is 1. The third kappa shape index (κ3) is 5.72. The minimum absolute atomic E-state index is 0.00618. The number of nitrogens with one attached hydrogen (secondary N) is 1. The molecule has 3 aromatic rings. The summed E-state index contributed by atoms with van der Waals surface area (Å²) in [4.78, 5) is 19.3. The van der Waals surface area contributed by atoms with Crippen molar-refractivity contribution in [3.05, 3.63) is 70.7 Å². The lowest BCUT2D eigenvalue weighted by atomic mass is 10.0. The molecule has 1 N–H and O–H groups in total. The summed E-state index contributed by atoms with van der Waals surface area (Å²) >= 11 is 1.39. The molecule has 0 aliphatic carbocycles. The van der Waals surface area contributed by atoms with Crippen LogP contribution in [0.4, 0.5) is 13.2 Å². The van der Waals surface area contributed by atoms with E-state index in [9.17, 15) is 18.0 Å². The van der Waals surface area contributed by atoms with Crippen LogP contribution in [0.1, 0.15) is 34.5 Å². The van der Waals surface area contributed by atoms with Crippen LogP contribution in [-0.2, 0) is 12.7 Å². The van der Waals surface area contributed by atoms with E-state index in [1.165, 1.54) is 23.5 Å². The summed E-state index contributed by atoms with van der Waals surface area (Å²) < 4.78 is 44.2. The molecular weight excluding hydrogens is 451 g/mol. The Morgan fingerprint density at radius 1 is 1.18 bits per heavy atom. The van der Waals surface area contributed by atoms with Crippen LogP contribution in [-0.4, -0.2) is 42.0 Å². The van der Waals surface area contributed by atoms with Crippen molar-refractivity contribution in [1.29, 1.82) is 0 Å². The molecule has 174 valence electrons. The topological polar surface area (TPSA) is 54.5 Å². The number of rotatable bonds is 6. The molecule has 1 amide bonds. The summed E-state index contributed by atoms with van der Waals surface area (Å²) in [6.45, 7) is 1.86. The average Bonchev–Trinajstić information content (AvgIpc) is 3.30. The standard InChI is InChI=1S/C24H24F3N3O2S/c1-32-21-8-3-2-7-19(21)23-29-20(15-33-23)22(31)28-18-9-11-30(12-10-18)14-16-5-4-6-17(13-16)24(25,26)27/h2-8,13,15,18H,9-12,14H2,1H3,(H,28,31). The molecular formula is C24H24F3N3O2S. The Labute approximate surface area is 194 Å². The largest absolute Gasteiger partial charge is 0.496 e. The van der Waals surface area contributed by atoms with Crippen molar-refractivity contribution < 1.29 is 22.7 Å². The number of hydrogen-bond donors (Lipinski definition) is 1. The highest BCUT2D eigenvalue weighted by Gasteiger charge is 2.30. The Kier molecular flexibility index (Phi) is 6.99. The molecule has 2 heterocycles. The number of thiazole rings is 1. The third-order valence-electron chi connectivity index (χ3n) is 5.66. The highest BCUT2D eigenvalue weighted by molar-refractivity contribution is 7.13. The van der Waals surface area contributed by atoms with Crippen LogP contribution in [0.15, 0.2) is 53.9 Å². The summed E-state index contributed by atoms with van der Waals surface area (Å²) in [6.07, 6.45) is -2.88. The van der Waals surface area contributed by atoms with Crippen molar-refractivity contribution in [3.8, 4) is 16.3 Å². The second kappa shape index (κ2) is 9.93. The summed E-state index contributed by atoms with van der Waals surface area (Å²) in [7, 11) is 1.60. The minimum Gasteiger partial charge on any atom is -0.496 e. The number of alkyl halides is 3. The molecule has 1 aliphatic rings. The quantitative estimate of drug-likeness (QED) is 0.530. The number of methoxy groups -OCH3 is 1. The molecule has 5 nitrogen and oxygen atoms in total. The maximum absolute atomic E-state index is 12.9. The van der Waals surface area contributed by atoms with Crippen molar-refractivity contribution in [3.63, 3.8) is 0 Å². The van der Waals surface area contributed by atoms with Crippen LogP contribution in [0.5, 0.6) is 5.75 Å². The van der Waals surface area contributed by atoms with Crippen molar-refractivity contribution in [2.75, 3.05) is 20.2 Å². The van der Waals surface area contributed by atoms with Gasteiger partial charge in [-0.25, -0.2) is 4.98 Å². The normalized spacial score (nSPS) is 15.4. The monoisotopic (exact) mass is 475 g/mol. The maximum atomic E-state index is 12.9. The van der Waals surface area contributed by atoms with Gasteiger partial charge in [0.2, 0.25) is 0 Å². The average molecular weight is 476 g/mol. The van der Waals surface area contributed by atoms with Crippen LogP contribution >= 0.6 is 11.3 Å². The zero-order valence-corrected chi connectivity index (χ0v) is 18.9. The van der Waals surface area contributed by atoms with Gasteiger partial charge in [-0.1, -0.05) is 30.3 Å². The van der Waals surface area contributed by atoms with Gasteiger partial charge in [-0.05, 0) is 36.6 Å². The van der Waals surface area contributed by atoms with E-state index < -0.39 is 11.7 Å². The van der Waals surface area contributed by atoms with E-state index in [0.717, 1.165) is 24.5 Å². The van der Waals surface area contributed by atoms with E-state index in [2.05, 4.69) is 15.2 Å². The fraction of sp³-hybridized carbons (Fsp3) is 0.333. The van der Waals surface area contributed by atoms with Crippen LogP contribution in [0.3, 0.4) is 0 Å². The summed E-state index contributed by atoms with van der Waals surface area (Å²) in [5, 5.41) is 5.49. The van der Waals surface area contributed by atoms with Crippen LogP contribution < -0.4 is 10.1 Å². The molecule has 4 rings (SSSR count). The number of piperidine rings is 1. The summed E-state index contributed by atoms with van der Waals surface area (Å²) in [6, 6.07) is 13.0. The number of halogens is 3. The molecule has 9 heteroatoms. The Bertz CT molecular complexity index is 1110. The predicted octanol–water partition coefficient (Wildman–Crippen LogP) is 5.23. The minimum atomic E-state index is -4.34. The van der Waals surface area contributed by atoms with Gasteiger partial charge in [0.25, 0.3) is 5.91 Å². The van der Waals surface area contributed by atoms with Gasteiger partial charge >= 0.3 is 6.18 Å². The first-order valence-electron chi connectivity index (χ1n) is 10.6. The first kappa shape index (κ1) is 23.3. The number of nitrogens with zero attached hydrogens (tertiary/aromatic N) is 2. The van der Waals surface area contributed by atoms with Gasteiger partial charge < -0.3 is 10.1 Å². The fourth-order valence-corrected chi connectivity index (χ4v) is 4.75. The van der Waals surface area contributed by atoms with Gasteiger partial charge in [-0.3, -0.25) is 9.69 Å². The molecule has 1 aromatic heterocycles. The molecule has 33 heavy (non-hydrogen) atoms. The zero-order chi connectivity index (χ0) is 23.4. The number of hydrogen-bond acceptors (Lipinski definition) is 5. The van der Waals surface area contributed by atoms with Crippen LogP contribution in [0.25, 0.3) is 10.6 Å². The second-order valence-electron chi connectivity index (χ2n) is 7.96. The number of para-hydroxylation sites is 1. The lowest BCUT2D eigenvalue weighted by Gasteiger charge is -2.32. The van der Waals surface area contributed by atoms with Crippen LogP contribution in [0.2, 0.25) is 0 Å². The third-order valence-corrected chi connectivity index (χ3v) is 6.53. The maximum Gasteiger partial charge on any atom is 0.416 e. The molecule has 0 radical (unpaired) electrons. The van der Waals surface area contributed by atoms with Crippen molar-refractivity contribution in [1.82, 2.24) is 15.2 Å². The number of amides is 1. The Hall–Kier alpha value is -2.91. The van der Waals surface area contributed by atoms with Gasteiger partial charge in [0.05, 0.1) is 18.2 Å². The van der Waals surface area contributed by atoms with E-state index in [-0.39, 0.29) is 11.9 Å². The Balaban J connectivity index is 1.31. The Morgan fingerprint density at radius 3 is 2.67 bits per heavy atom. The smallest absolute Gasteiger partial charge is 0.416 e. The number of likely N-dealkylation sites (tertiary alicyclic amines) is 1. The van der Waals surface area contributed by atoms with Gasteiger partial charge in [0.1, 0.15) is 16.5 Å². The molecule has 1 fully saturated rings. The van der Waals surface area contributed by atoms with Gasteiger partial charge in [-0.2, -0.15) is 13.2 Å². The zero-order valence-electron chi connectivity index (χ0n) is 18.1. The molecule has 0 bridgehead atoms. The second-order valence-corrected chi connectivity index (χ2v) is 8.82. The summed E-state index contributed by atoms with van der Waals surface area (Å²) in [5.74, 6) is 0.482. The molecule has 1 aliphatic heterocycles. The van der Waals surface area contributed by atoms with E-state index >= 15 is 0 Å². The van der Waals surface area contributed by atoms with E-state index in [1.54, 1.807) is 18.6 Å². The number of carbonyl (C=O) groups is 1. The molecule has 0 unspecified atom stereocenters. The Morgan fingerprint density at radius 2 is 1.94 bits per heavy atom. The van der Waals surface area contributed by atoms with Crippen LogP contribution in [0, 0.1) is 0 Å². The molecule has 2 aromatic carbocycles. The molecule has 1 saturated heterocycles. The van der Waals surface area contributed by atoms with Crippen molar-refractivity contribution in [2.24, 2.45) is 0 Å². The van der Waals surface area contributed by atoms with Crippen molar-refractivity contribution >= 4 is 17.2 Å². The molecule has 0 spiro atoms. The van der Waals surface area contributed by atoms with Crippen molar-refractivity contribution in [2.45, 2.75) is 31.6 Å². The highest BCUT2D eigenvalue weighted by atomic mass is 32.1. The molecule has 0 atom stereocenters. The fourth-order valence-electron chi connectivity index (χ4n) is 3.92. The first-order valence-corrected chi connectivity index (χ1v) is 11.5. The van der Waals surface area contributed by atoms with Gasteiger partial charge in [0.15, 0.2) is 0 Å². The predicted molar refractivity (Wildman–Crippen MR) is 121 cm³/mol. The van der Waals surface area contributed by atoms with Gasteiger partial charge in [0, 0.05) is 31.1 Å². The van der Waals surface area contributed by atoms with E-state index in [1.807, 2.05) is 24.3 Å². The number of aromatic nitrogens is 1. The first-order chi connectivity index (χ1) is 15.8. The number of benzene rings is 2. The molecule has 0 saturated carbocycles. The number of ether oxygens (including phenoxy) is 1. The van der Waals surface area contributed by atoms with E-state index in [0.29, 0.717) is 41.6 Å². The lowest BCUT2D eigenvalue weighted by Crippen LogP contribution is -2.44. The highest BCUT2D eigenvalue weighted by Crippen LogP contribution is 2.32. The lowest BCUT2D eigenvalue weighted by molar-refractivity contribution is -0.137. The SMILES string of the molecule is COc1ccccc1-c1nc(C(=O)NC2CCN(Cc3cccc(C(F)(F)F)c3)CC2)cs1. The summed E-state index contributed by atoms with van der Waals surface area (Å²) in [5.41, 5.74) is 1.22. The van der Waals surface area contributed by atoms with E-state index in [4.69, 9.17) is 4.74 Å².